The lowest BCUT2D eigenvalue weighted by Gasteiger charge is -2.38. The summed E-state index contributed by atoms with van der Waals surface area (Å²) in [6.07, 6.45) is -0.463. The van der Waals surface area contributed by atoms with Gasteiger partial charge in [0.15, 0.2) is 0 Å². The standard InChI is InChI=1S/C11H14BrF3N4O/c12-8-7(17-5-10(16)2-1-3-10)4-18-19(9(8)20)6-11(13,14)15/h4,17H,1-3,5-6,16H2. The van der Waals surface area contributed by atoms with Crippen LogP contribution in [-0.2, 0) is 6.54 Å². The molecule has 112 valence electrons. The number of rotatable bonds is 4. The minimum atomic E-state index is -4.49. The van der Waals surface area contributed by atoms with Gasteiger partial charge in [0, 0.05) is 12.1 Å². The first-order chi connectivity index (χ1) is 9.20. The van der Waals surface area contributed by atoms with Crippen molar-refractivity contribution in [2.45, 2.75) is 37.5 Å². The summed E-state index contributed by atoms with van der Waals surface area (Å²) in [5, 5.41) is 6.48. The van der Waals surface area contributed by atoms with E-state index in [1.807, 2.05) is 0 Å². The fourth-order valence-electron chi connectivity index (χ4n) is 1.95. The quantitative estimate of drug-likeness (QED) is 0.865. The van der Waals surface area contributed by atoms with Gasteiger partial charge in [-0.3, -0.25) is 4.79 Å². The van der Waals surface area contributed by atoms with E-state index in [1.165, 1.54) is 6.20 Å². The van der Waals surface area contributed by atoms with E-state index in [9.17, 15) is 18.0 Å². The van der Waals surface area contributed by atoms with Crippen LogP contribution in [0.3, 0.4) is 0 Å². The summed E-state index contributed by atoms with van der Waals surface area (Å²) < 4.78 is 37.2. The van der Waals surface area contributed by atoms with Crippen LogP contribution in [0.4, 0.5) is 18.9 Å². The molecule has 1 fully saturated rings. The fraction of sp³-hybridized carbons (Fsp3) is 0.636. The Morgan fingerprint density at radius 1 is 1.50 bits per heavy atom. The lowest BCUT2D eigenvalue weighted by atomic mass is 9.78. The van der Waals surface area contributed by atoms with Crippen molar-refractivity contribution >= 4 is 21.6 Å². The van der Waals surface area contributed by atoms with E-state index < -0.39 is 18.3 Å². The third-order valence-corrected chi connectivity index (χ3v) is 4.06. The van der Waals surface area contributed by atoms with Crippen LogP contribution in [0, 0.1) is 0 Å². The van der Waals surface area contributed by atoms with Crippen LogP contribution in [0.5, 0.6) is 0 Å². The molecule has 1 saturated carbocycles. The molecule has 3 N–H and O–H groups in total. The van der Waals surface area contributed by atoms with E-state index in [0.717, 1.165) is 19.3 Å². The van der Waals surface area contributed by atoms with Crippen LogP contribution < -0.4 is 16.6 Å². The van der Waals surface area contributed by atoms with Gasteiger partial charge in [0.25, 0.3) is 5.56 Å². The molecular formula is C11H14BrF3N4O. The lowest BCUT2D eigenvalue weighted by Crippen LogP contribution is -2.52. The fourth-order valence-corrected chi connectivity index (χ4v) is 2.40. The van der Waals surface area contributed by atoms with Crippen LogP contribution in [0.15, 0.2) is 15.5 Å². The van der Waals surface area contributed by atoms with Crippen molar-refractivity contribution < 1.29 is 13.2 Å². The average Bonchev–Trinajstić information content (AvgIpc) is 2.30. The first kappa shape index (κ1) is 15.3. The molecule has 0 aromatic carbocycles. The van der Waals surface area contributed by atoms with Gasteiger partial charge in [0.05, 0.1) is 11.9 Å². The third kappa shape index (κ3) is 3.51. The molecule has 1 aromatic heterocycles. The van der Waals surface area contributed by atoms with Gasteiger partial charge in [0.1, 0.15) is 11.0 Å². The van der Waals surface area contributed by atoms with Gasteiger partial charge in [-0.05, 0) is 35.2 Å². The highest BCUT2D eigenvalue weighted by molar-refractivity contribution is 9.10. The Kier molecular flexibility index (Phi) is 4.10. The normalized spacial score (nSPS) is 17.6. The molecule has 1 aliphatic carbocycles. The second-order valence-corrected chi connectivity index (χ2v) is 5.81. The van der Waals surface area contributed by atoms with E-state index in [1.54, 1.807) is 0 Å². The smallest absolute Gasteiger partial charge is 0.381 e. The van der Waals surface area contributed by atoms with E-state index in [2.05, 4.69) is 26.3 Å². The van der Waals surface area contributed by atoms with Crippen molar-refractivity contribution in [1.29, 1.82) is 0 Å². The lowest BCUT2D eigenvalue weighted by molar-refractivity contribution is -0.143. The maximum atomic E-state index is 12.3. The molecule has 0 radical (unpaired) electrons. The largest absolute Gasteiger partial charge is 0.408 e. The van der Waals surface area contributed by atoms with Crippen molar-refractivity contribution in [3.63, 3.8) is 0 Å². The van der Waals surface area contributed by atoms with Gasteiger partial charge in [-0.25, -0.2) is 4.68 Å². The number of nitrogens with one attached hydrogen (secondary N) is 1. The second-order valence-electron chi connectivity index (χ2n) is 5.02. The van der Waals surface area contributed by atoms with Gasteiger partial charge in [-0.1, -0.05) is 0 Å². The highest BCUT2D eigenvalue weighted by Crippen LogP contribution is 2.29. The van der Waals surface area contributed by atoms with Gasteiger partial charge in [-0.15, -0.1) is 0 Å². The summed E-state index contributed by atoms with van der Waals surface area (Å²) >= 11 is 3.00. The van der Waals surface area contributed by atoms with Crippen molar-refractivity contribution in [2.75, 3.05) is 11.9 Å². The SMILES string of the molecule is NC1(CNc2cnn(CC(F)(F)F)c(=O)c2Br)CCC1. The number of aromatic nitrogens is 2. The van der Waals surface area contributed by atoms with Gasteiger partial charge >= 0.3 is 6.18 Å². The molecule has 20 heavy (non-hydrogen) atoms. The van der Waals surface area contributed by atoms with Crippen molar-refractivity contribution in [2.24, 2.45) is 5.73 Å². The summed E-state index contributed by atoms with van der Waals surface area (Å²) in [7, 11) is 0. The van der Waals surface area contributed by atoms with E-state index in [0.29, 0.717) is 16.9 Å². The van der Waals surface area contributed by atoms with Crippen molar-refractivity contribution in [3.05, 3.63) is 21.0 Å². The molecule has 9 heteroatoms. The Hall–Kier alpha value is -1.09. The monoisotopic (exact) mass is 354 g/mol. The molecule has 0 spiro atoms. The Labute approximate surface area is 121 Å². The predicted octanol–water partition coefficient (Wildman–Crippen LogP) is 1.86. The first-order valence-corrected chi connectivity index (χ1v) is 6.85. The Morgan fingerprint density at radius 3 is 2.65 bits per heavy atom. The molecule has 0 atom stereocenters. The van der Waals surface area contributed by atoms with Gasteiger partial charge < -0.3 is 11.1 Å². The van der Waals surface area contributed by atoms with Gasteiger partial charge in [0.2, 0.25) is 0 Å². The molecule has 0 saturated heterocycles. The van der Waals surface area contributed by atoms with Crippen molar-refractivity contribution in [3.8, 4) is 0 Å². The molecule has 0 amide bonds. The molecule has 2 rings (SSSR count). The van der Waals surface area contributed by atoms with E-state index in [4.69, 9.17) is 5.73 Å². The summed E-state index contributed by atoms with van der Waals surface area (Å²) in [4.78, 5) is 11.8. The maximum Gasteiger partial charge on any atom is 0.408 e. The van der Waals surface area contributed by atoms with E-state index in [-0.39, 0.29) is 10.0 Å². The van der Waals surface area contributed by atoms with Gasteiger partial charge in [-0.2, -0.15) is 18.3 Å². The molecular weight excluding hydrogens is 341 g/mol. The minimum Gasteiger partial charge on any atom is -0.381 e. The predicted molar refractivity (Wildman–Crippen MR) is 71.5 cm³/mol. The Balaban J connectivity index is 2.12. The first-order valence-electron chi connectivity index (χ1n) is 6.05. The zero-order valence-electron chi connectivity index (χ0n) is 10.5. The highest BCUT2D eigenvalue weighted by atomic mass is 79.9. The van der Waals surface area contributed by atoms with Crippen LogP contribution >= 0.6 is 15.9 Å². The van der Waals surface area contributed by atoms with Crippen LogP contribution in [0.1, 0.15) is 19.3 Å². The zero-order valence-corrected chi connectivity index (χ0v) is 12.1. The summed E-state index contributed by atoms with van der Waals surface area (Å²) in [6, 6.07) is 0. The Bertz CT molecular complexity index is 554. The number of hydrogen-bond donors (Lipinski definition) is 2. The zero-order chi connectivity index (χ0) is 15.0. The average molecular weight is 355 g/mol. The molecule has 1 aliphatic rings. The number of alkyl halides is 3. The number of nitrogens with two attached hydrogens (primary N) is 1. The molecule has 0 unspecified atom stereocenters. The molecule has 5 nitrogen and oxygen atoms in total. The molecule has 0 bridgehead atoms. The van der Waals surface area contributed by atoms with E-state index >= 15 is 0 Å². The number of halogens is 4. The number of anilines is 1. The van der Waals surface area contributed by atoms with Crippen molar-refractivity contribution in [1.82, 2.24) is 9.78 Å². The highest BCUT2D eigenvalue weighted by Gasteiger charge is 2.33. The summed E-state index contributed by atoms with van der Waals surface area (Å²) in [5.41, 5.74) is 5.24. The minimum absolute atomic E-state index is 0.0275. The van der Waals surface area contributed by atoms with Crippen LogP contribution in [0.2, 0.25) is 0 Å². The molecule has 0 aliphatic heterocycles. The topological polar surface area (TPSA) is 72.9 Å². The molecule has 1 heterocycles. The second kappa shape index (κ2) is 5.36. The summed E-state index contributed by atoms with van der Waals surface area (Å²) in [5.74, 6) is 0. The van der Waals surface area contributed by atoms with Crippen LogP contribution in [-0.4, -0.2) is 28.0 Å². The third-order valence-electron chi connectivity index (χ3n) is 3.29. The Morgan fingerprint density at radius 2 is 2.15 bits per heavy atom. The number of nitrogens with zero attached hydrogens (tertiary/aromatic N) is 2. The number of hydrogen-bond acceptors (Lipinski definition) is 4. The summed E-state index contributed by atoms with van der Waals surface area (Å²) in [6.45, 7) is -0.957. The maximum absolute atomic E-state index is 12.3. The van der Waals surface area contributed by atoms with Crippen LogP contribution in [0.25, 0.3) is 0 Å². The molecule has 1 aromatic rings.